The Labute approximate surface area is 117 Å². The second-order valence-electron chi connectivity index (χ2n) is 4.61. The molecule has 0 spiro atoms. The van der Waals surface area contributed by atoms with Gasteiger partial charge in [-0.1, -0.05) is 12.1 Å². The molecular weight excluding hydrogens is 255 g/mol. The van der Waals surface area contributed by atoms with Crippen molar-refractivity contribution in [3.63, 3.8) is 0 Å². The summed E-state index contributed by atoms with van der Waals surface area (Å²) in [5, 5.41) is 12.1. The Morgan fingerprint density at radius 1 is 1.35 bits per heavy atom. The molecule has 0 fully saturated rings. The predicted molar refractivity (Wildman–Crippen MR) is 76.6 cm³/mol. The summed E-state index contributed by atoms with van der Waals surface area (Å²) >= 11 is 0. The Morgan fingerprint density at radius 3 is 2.70 bits per heavy atom. The molecule has 102 valence electrons. The summed E-state index contributed by atoms with van der Waals surface area (Å²) in [7, 11) is 0. The van der Waals surface area contributed by atoms with Gasteiger partial charge in [0.15, 0.2) is 5.82 Å². The maximum atomic E-state index is 12.8. The first kappa shape index (κ1) is 13.8. The molecule has 0 aliphatic rings. The summed E-state index contributed by atoms with van der Waals surface area (Å²) in [4.78, 5) is 4.14. The minimum atomic E-state index is -0.248. The highest BCUT2D eigenvalue weighted by Crippen LogP contribution is 2.20. The fraction of sp³-hybridized carbons (Fsp3) is 0.200. The zero-order chi connectivity index (χ0) is 14.5. The van der Waals surface area contributed by atoms with E-state index in [9.17, 15) is 4.39 Å². The van der Waals surface area contributed by atoms with E-state index in [1.54, 1.807) is 24.4 Å². The number of nitrogens with zero attached hydrogens (tertiary/aromatic N) is 2. The summed E-state index contributed by atoms with van der Waals surface area (Å²) < 4.78 is 12.8. The molecule has 0 aliphatic heterocycles. The van der Waals surface area contributed by atoms with Gasteiger partial charge in [-0.25, -0.2) is 9.37 Å². The van der Waals surface area contributed by atoms with Gasteiger partial charge in [0.05, 0.1) is 11.3 Å². The van der Waals surface area contributed by atoms with Crippen LogP contribution in [-0.2, 0) is 6.42 Å². The second-order valence-corrected chi connectivity index (χ2v) is 4.61. The molecule has 1 atom stereocenters. The molecule has 2 rings (SSSR count). The number of nitrogen functional groups attached to an aromatic ring is 1. The molecule has 5 heteroatoms. The molecule has 0 saturated carbocycles. The highest BCUT2D eigenvalue weighted by Gasteiger charge is 2.09. The number of benzene rings is 1. The van der Waals surface area contributed by atoms with Gasteiger partial charge in [0.2, 0.25) is 0 Å². The maximum Gasteiger partial charge on any atom is 0.150 e. The Kier molecular flexibility index (Phi) is 4.16. The van der Waals surface area contributed by atoms with Gasteiger partial charge in [0.25, 0.3) is 0 Å². The van der Waals surface area contributed by atoms with Gasteiger partial charge in [0, 0.05) is 12.2 Å². The number of aromatic nitrogens is 1. The highest BCUT2D eigenvalue weighted by atomic mass is 19.1. The van der Waals surface area contributed by atoms with Crippen LogP contribution in [0, 0.1) is 17.1 Å². The number of nitrogens with two attached hydrogens (primary N) is 1. The molecule has 20 heavy (non-hydrogen) atoms. The van der Waals surface area contributed by atoms with E-state index < -0.39 is 0 Å². The number of pyridine rings is 1. The van der Waals surface area contributed by atoms with Gasteiger partial charge in [0.1, 0.15) is 11.9 Å². The predicted octanol–water partition coefficient (Wildman–Crippen LogP) is 2.72. The average molecular weight is 270 g/mol. The van der Waals surface area contributed by atoms with E-state index in [0.717, 1.165) is 5.56 Å². The summed E-state index contributed by atoms with van der Waals surface area (Å²) in [5.41, 5.74) is 7.62. The van der Waals surface area contributed by atoms with Crippen LogP contribution in [0.3, 0.4) is 0 Å². The molecule has 3 N–H and O–H groups in total. The molecule has 0 radical (unpaired) electrons. The van der Waals surface area contributed by atoms with Crippen molar-refractivity contribution in [2.45, 2.75) is 19.4 Å². The van der Waals surface area contributed by atoms with Crippen molar-refractivity contribution in [2.24, 2.45) is 0 Å². The lowest BCUT2D eigenvalue weighted by atomic mass is 10.1. The largest absolute Gasteiger partial charge is 0.395 e. The van der Waals surface area contributed by atoms with Crippen LogP contribution in [0.1, 0.15) is 18.1 Å². The molecule has 1 unspecified atom stereocenters. The van der Waals surface area contributed by atoms with Crippen LogP contribution >= 0.6 is 0 Å². The van der Waals surface area contributed by atoms with Crippen LogP contribution < -0.4 is 11.1 Å². The Bertz CT molecular complexity index is 631. The standard InChI is InChI=1S/C15H15FN4/c1-10(8-11-2-4-13(16)5-3-11)20-15-14(18)12(9-17)6-7-19-15/h2-7,10H,8,18H2,1H3,(H,19,20). The molecule has 0 aliphatic carbocycles. The fourth-order valence-corrected chi connectivity index (χ4v) is 1.94. The van der Waals surface area contributed by atoms with Crippen molar-refractivity contribution >= 4 is 11.5 Å². The van der Waals surface area contributed by atoms with E-state index in [-0.39, 0.29) is 11.9 Å². The van der Waals surface area contributed by atoms with E-state index in [2.05, 4.69) is 10.3 Å². The summed E-state index contributed by atoms with van der Waals surface area (Å²) in [6, 6.07) is 10.0. The van der Waals surface area contributed by atoms with Crippen LogP contribution in [0.2, 0.25) is 0 Å². The zero-order valence-corrected chi connectivity index (χ0v) is 11.1. The third-order valence-electron chi connectivity index (χ3n) is 2.95. The Balaban J connectivity index is 2.07. The molecule has 1 heterocycles. The second kappa shape index (κ2) is 6.02. The van der Waals surface area contributed by atoms with Crippen LogP contribution in [0.15, 0.2) is 36.5 Å². The first-order valence-corrected chi connectivity index (χ1v) is 6.25. The first-order valence-electron chi connectivity index (χ1n) is 6.25. The number of nitriles is 1. The minimum Gasteiger partial charge on any atom is -0.395 e. The van der Waals surface area contributed by atoms with Crippen molar-refractivity contribution in [1.82, 2.24) is 4.98 Å². The maximum absolute atomic E-state index is 12.8. The van der Waals surface area contributed by atoms with Gasteiger partial charge in [-0.05, 0) is 37.1 Å². The topological polar surface area (TPSA) is 74.7 Å². The van der Waals surface area contributed by atoms with Crippen molar-refractivity contribution in [1.29, 1.82) is 5.26 Å². The lowest BCUT2D eigenvalue weighted by Crippen LogP contribution is -2.20. The van der Waals surface area contributed by atoms with Crippen LogP contribution in [-0.4, -0.2) is 11.0 Å². The zero-order valence-electron chi connectivity index (χ0n) is 11.1. The van der Waals surface area contributed by atoms with Crippen molar-refractivity contribution in [3.05, 3.63) is 53.5 Å². The van der Waals surface area contributed by atoms with Crippen molar-refractivity contribution in [3.8, 4) is 6.07 Å². The molecule has 0 amide bonds. The first-order chi connectivity index (χ1) is 9.60. The van der Waals surface area contributed by atoms with Crippen LogP contribution in [0.4, 0.5) is 15.9 Å². The number of nitrogens with one attached hydrogen (secondary N) is 1. The monoisotopic (exact) mass is 270 g/mol. The highest BCUT2D eigenvalue weighted by molar-refractivity contribution is 5.69. The lowest BCUT2D eigenvalue weighted by molar-refractivity contribution is 0.626. The molecule has 0 bridgehead atoms. The van der Waals surface area contributed by atoms with Gasteiger partial charge in [-0.15, -0.1) is 0 Å². The summed E-state index contributed by atoms with van der Waals surface area (Å²) in [6.45, 7) is 1.98. The number of rotatable bonds is 4. The molecule has 1 aromatic heterocycles. The quantitative estimate of drug-likeness (QED) is 0.895. The molecular formula is C15H15FN4. The van der Waals surface area contributed by atoms with E-state index in [0.29, 0.717) is 23.5 Å². The minimum absolute atomic E-state index is 0.0594. The average Bonchev–Trinajstić information content (AvgIpc) is 2.44. The third kappa shape index (κ3) is 3.23. The number of anilines is 2. The van der Waals surface area contributed by atoms with E-state index >= 15 is 0 Å². The normalized spacial score (nSPS) is 11.7. The van der Waals surface area contributed by atoms with Crippen LogP contribution in [0.25, 0.3) is 0 Å². The SMILES string of the molecule is CC(Cc1ccc(F)cc1)Nc1nccc(C#N)c1N. The van der Waals surface area contributed by atoms with Gasteiger partial charge in [-0.2, -0.15) is 5.26 Å². The van der Waals surface area contributed by atoms with Gasteiger partial charge < -0.3 is 11.1 Å². The molecule has 2 aromatic rings. The summed E-state index contributed by atoms with van der Waals surface area (Å²) in [5.74, 6) is 0.251. The molecule has 1 aromatic carbocycles. The Hall–Kier alpha value is -2.61. The summed E-state index contributed by atoms with van der Waals surface area (Å²) in [6.07, 6.45) is 2.25. The van der Waals surface area contributed by atoms with E-state index in [1.807, 2.05) is 13.0 Å². The third-order valence-corrected chi connectivity index (χ3v) is 2.95. The van der Waals surface area contributed by atoms with Crippen molar-refractivity contribution < 1.29 is 4.39 Å². The molecule has 0 saturated heterocycles. The number of halogens is 1. The van der Waals surface area contributed by atoms with E-state index in [1.165, 1.54) is 12.1 Å². The number of hydrogen-bond acceptors (Lipinski definition) is 4. The molecule has 4 nitrogen and oxygen atoms in total. The van der Waals surface area contributed by atoms with Gasteiger partial charge in [-0.3, -0.25) is 0 Å². The number of hydrogen-bond donors (Lipinski definition) is 2. The van der Waals surface area contributed by atoms with Crippen LogP contribution in [0.5, 0.6) is 0 Å². The fourth-order valence-electron chi connectivity index (χ4n) is 1.94. The Morgan fingerprint density at radius 2 is 2.05 bits per heavy atom. The smallest absolute Gasteiger partial charge is 0.150 e. The van der Waals surface area contributed by atoms with E-state index in [4.69, 9.17) is 11.0 Å². The lowest BCUT2D eigenvalue weighted by Gasteiger charge is -2.16. The van der Waals surface area contributed by atoms with Crippen molar-refractivity contribution in [2.75, 3.05) is 11.1 Å². The van der Waals surface area contributed by atoms with Gasteiger partial charge >= 0.3 is 0 Å².